The SMILES string of the molecule is CCCCCCCCCOC(=O)CCC(C)(c1ccc(O)cc1)c1ccc(O)cc1. The zero-order valence-corrected chi connectivity index (χ0v) is 18.4. The number of aromatic hydroxyl groups is 2. The molecule has 0 radical (unpaired) electrons. The van der Waals surface area contributed by atoms with Gasteiger partial charge in [-0.15, -0.1) is 0 Å². The summed E-state index contributed by atoms with van der Waals surface area (Å²) < 4.78 is 5.46. The Balaban J connectivity index is 1.89. The van der Waals surface area contributed by atoms with Crippen molar-refractivity contribution in [2.45, 2.75) is 77.0 Å². The Kier molecular flexibility index (Phi) is 9.72. The van der Waals surface area contributed by atoms with Gasteiger partial charge in [-0.1, -0.05) is 76.6 Å². The molecule has 0 amide bonds. The predicted octanol–water partition coefficient (Wildman–Crippen LogP) is 6.48. The van der Waals surface area contributed by atoms with E-state index in [-0.39, 0.29) is 17.5 Å². The van der Waals surface area contributed by atoms with Crippen LogP contribution in [-0.4, -0.2) is 22.8 Å². The Morgan fingerprint density at radius 1 is 0.800 bits per heavy atom. The molecule has 0 spiro atoms. The summed E-state index contributed by atoms with van der Waals surface area (Å²) in [4.78, 5) is 12.3. The lowest BCUT2D eigenvalue weighted by atomic mass is 9.73. The van der Waals surface area contributed by atoms with Crippen LogP contribution in [-0.2, 0) is 14.9 Å². The van der Waals surface area contributed by atoms with Gasteiger partial charge < -0.3 is 14.9 Å². The molecule has 2 aromatic rings. The summed E-state index contributed by atoms with van der Waals surface area (Å²) in [7, 11) is 0. The molecule has 0 saturated heterocycles. The van der Waals surface area contributed by atoms with Gasteiger partial charge in [-0.3, -0.25) is 4.79 Å². The van der Waals surface area contributed by atoms with Crippen LogP contribution in [0.4, 0.5) is 0 Å². The fraction of sp³-hybridized carbons (Fsp3) is 0.500. The van der Waals surface area contributed by atoms with Crippen LogP contribution in [0.25, 0.3) is 0 Å². The van der Waals surface area contributed by atoms with Crippen LogP contribution in [0.5, 0.6) is 11.5 Å². The standard InChI is InChI=1S/C26H36O4/c1-3-4-5-6-7-8-9-20-30-25(29)18-19-26(2,21-10-14-23(27)15-11-21)22-12-16-24(28)17-13-22/h10-17,27-28H,3-9,18-20H2,1-2H3. The summed E-state index contributed by atoms with van der Waals surface area (Å²) in [5.74, 6) is 0.242. The molecule has 0 atom stereocenters. The Morgan fingerprint density at radius 2 is 1.27 bits per heavy atom. The second-order valence-corrected chi connectivity index (χ2v) is 8.27. The number of carbonyl (C=O) groups is 1. The first kappa shape index (κ1) is 23.8. The van der Waals surface area contributed by atoms with Gasteiger partial charge in [-0.25, -0.2) is 0 Å². The molecule has 2 aromatic carbocycles. The van der Waals surface area contributed by atoms with Crippen molar-refractivity contribution in [1.29, 1.82) is 0 Å². The highest BCUT2D eigenvalue weighted by Crippen LogP contribution is 2.37. The Morgan fingerprint density at radius 3 is 1.77 bits per heavy atom. The van der Waals surface area contributed by atoms with E-state index in [1.807, 2.05) is 24.3 Å². The van der Waals surface area contributed by atoms with Gasteiger partial charge >= 0.3 is 5.97 Å². The summed E-state index contributed by atoms with van der Waals surface area (Å²) in [6.45, 7) is 4.78. The van der Waals surface area contributed by atoms with E-state index in [1.165, 1.54) is 32.1 Å². The van der Waals surface area contributed by atoms with Gasteiger partial charge in [0.2, 0.25) is 0 Å². The number of benzene rings is 2. The van der Waals surface area contributed by atoms with Crippen molar-refractivity contribution in [1.82, 2.24) is 0 Å². The van der Waals surface area contributed by atoms with Crippen molar-refractivity contribution < 1.29 is 19.7 Å². The average Bonchev–Trinajstić information content (AvgIpc) is 2.75. The number of hydrogen-bond acceptors (Lipinski definition) is 4. The van der Waals surface area contributed by atoms with Gasteiger partial charge in [0.05, 0.1) is 6.61 Å². The van der Waals surface area contributed by atoms with Crippen LogP contribution in [0, 0.1) is 0 Å². The Hall–Kier alpha value is -2.49. The van der Waals surface area contributed by atoms with Crippen molar-refractivity contribution in [3.05, 3.63) is 59.7 Å². The normalized spacial score (nSPS) is 11.4. The minimum Gasteiger partial charge on any atom is -0.508 e. The molecule has 0 aliphatic heterocycles. The fourth-order valence-corrected chi connectivity index (χ4v) is 3.78. The smallest absolute Gasteiger partial charge is 0.305 e. The Labute approximate surface area is 180 Å². The van der Waals surface area contributed by atoms with Crippen molar-refractivity contribution in [2.24, 2.45) is 0 Å². The molecular weight excluding hydrogens is 376 g/mol. The van der Waals surface area contributed by atoms with Gasteiger partial charge in [0, 0.05) is 11.8 Å². The molecule has 0 aliphatic rings. The molecule has 4 nitrogen and oxygen atoms in total. The van der Waals surface area contributed by atoms with Crippen molar-refractivity contribution in [3.63, 3.8) is 0 Å². The maximum Gasteiger partial charge on any atom is 0.305 e. The van der Waals surface area contributed by atoms with Crippen LogP contribution < -0.4 is 0 Å². The van der Waals surface area contributed by atoms with Crippen molar-refractivity contribution in [3.8, 4) is 11.5 Å². The molecule has 0 saturated carbocycles. The number of phenolic OH excluding ortho intramolecular Hbond substituents is 2. The molecule has 30 heavy (non-hydrogen) atoms. The Bertz CT molecular complexity index is 704. The summed E-state index contributed by atoms with van der Waals surface area (Å²) >= 11 is 0. The summed E-state index contributed by atoms with van der Waals surface area (Å²) in [5.41, 5.74) is 1.58. The lowest BCUT2D eigenvalue weighted by molar-refractivity contribution is -0.144. The van der Waals surface area contributed by atoms with Gasteiger partial charge in [-0.2, -0.15) is 0 Å². The number of hydrogen-bond donors (Lipinski definition) is 2. The highest BCUT2D eigenvalue weighted by atomic mass is 16.5. The zero-order valence-electron chi connectivity index (χ0n) is 18.4. The monoisotopic (exact) mass is 412 g/mol. The molecular formula is C26H36O4. The molecule has 2 N–H and O–H groups in total. The number of unbranched alkanes of at least 4 members (excludes halogenated alkanes) is 6. The number of rotatable bonds is 13. The minimum absolute atomic E-state index is 0.176. The molecule has 0 aliphatic carbocycles. The molecule has 0 heterocycles. The van der Waals surface area contributed by atoms with E-state index in [0.29, 0.717) is 19.4 Å². The topological polar surface area (TPSA) is 66.8 Å². The molecule has 0 unspecified atom stereocenters. The average molecular weight is 413 g/mol. The second-order valence-electron chi connectivity index (χ2n) is 8.27. The highest BCUT2D eigenvalue weighted by molar-refractivity contribution is 5.69. The van der Waals surface area contributed by atoms with E-state index >= 15 is 0 Å². The molecule has 2 rings (SSSR count). The minimum atomic E-state index is -0.431. The van der Waals surface area contributed by atoms with Crippen molar-refractivity contribution in [2.75, 3.05) is 6.61 Å². The van der Waals surface area contributed by atoms with Crippen LogP contribution in [0.3, 0.4) is 0 Å². The maximum atomic E-state index is 12.3. The van der Waals surface area contributed by atoms with Crippen LogP contribution in [0.2, 0.25) is 0 Å². The van der Waals surface area contributed by atoms with Crippen molar-refractivity contribution >= 4 is 5.97 Å². The maximum absolute atomic E-state index is 12.3. The highest BCUT2D eigenvalue weighted by Gasteiger charge is 2.30. The van der Waals surface area contributed by atoms with Gasteiger partial charge in [0.25, 0.3) is 0 Å². The predicted molar refractivity (Wildman–Crippen MR) is 121 cm³/mol. The first-order valence-corrected chi connectivity index (χ1v) is 11.2. The number of phenols is 2. The second kappa shape index (κ2) is 12.3. The summed E-state index contributed by atoms with van der Waals surface area (Å²) in [6, 6.07) is 14.2. The van der Waals surface area contributed by atoms with Gasteiger partial charge in [-0.05, 0) is 48.2 Å². The van der Waals surface area contributed by atoms with E-state index in [9.17, 15) is 15.0 Å². The van der Waals surface area contributed by atoms with Crippen LogP contribution >= 0.6 is 0 Å². The first-order chi connectivity index (χ1) is 14.5. The fourth-order valence-electron chi connectivity index (χ4n) is 3.78. The molecule has 0 aromatic heterocycles. The lowest BCUT2D eigenvalue weighted by Gasteiger charge is -2.31. The van der Waals surface area contributed by atoms with E-state index in [2.05, 4.69) is 13.8 Å². The summed E-state index contributed by atoms with van der Waals surface area (Å²) in [6.07, 6.45) is 9.24. The lowest BCUT2D eigenvalue weighted by Crippen LogP contribution is -2.25. The summed E-state index contributed by atoms with van der Waals surface area (Å²) in [5, 5.41) is 19.3. The van der Waals surface area contributed by atoms with E-state index in [0.717, 1.165) is 24.0 Å². The number of carbonyl (C=O) groups excluding carboxylic acids is 1. The molecule has 164 valence electrons. The van der Waals surface area contributed by atoms with Gasteiger partial charge in [0.15, 0.2) is 0 Å². The third-order valence-corrected chi connectivity index (χ3v) is 5.85. The van der Waals surface area contributed by atoms with E-state index < -0.39 is 5.41 Å². The first-order valence-electron chi connectivity index (χ1n) is 11.2. The third-order valence-electron chi connectivity index (χ3n) is 5.85. The van der Waals surface area contributed by atoms with Crippen LogP contribution in [0.15, 0.2) is 48.5 Å². The van der Waals surface area contributed by atoms with Crippen LogP contribution in [0.1, 0.15) is 82.8 Å². The number of ether oxygens (including phenoxy) is 1. The molecule has 0 fully saturated rings. The number of esters is 1. The largest absolute Gasteiger partial charge is 0.508 e. The molecule has 0 bridgehead atoms. The zero-order chi connectivity index (χ0) is 21.8. The molecule has 4 heteroatoms. The van der Waals surface area contributed by atoms with Gasteiger partial charge in [0.1, 0.15) is 11.5 Å². The van der Waals surface area contributed by atoms with E-state index in [1.54, 1.807) is 24.3 Å². The quantitative estimate of drug-likeness (QED) is 0.292. The third kappa shape index (κ3) is 7.40. The van der Waals surface area contributed by atoms with E-state index in [4.69, 9.17) is 4.74 Å².